The number of aliphatic carboxylic acids is 1. The van der Waals surface area contributed by atoms with Crippen LogP contribution >= 0.6 is 0 Å². The summed E-state index contributed by atoms with van der Waals surface area (Å²) in [7, 11) is 5.59. The average Bonchev–Trinajstić information content (AvgIpc) is 3.41. The van der Waals surface area contributed by atoms with Gasteiger partial charge in [-0.2, -0.15) is 18.2 Å². The molecule has 4 aromatic rings. The van der Waals surface area contributed by atoms with Gasteiger partial charge in [0.2, 0.25) is 5.95 Å². The highest BCUT2D eigenvalue weighted by Crippen LogP contribution is 2.30. The highest BCUT2D eigenvalue weighted by atomic mass is 19.4. The van der Waals surface area contributed by atoms with Crippen LogP contribution in [0.3, 0.4) is 0 Å². The standard InChI is InChI=1S/C27H31N5O3.C2HF3O2/c1-32(2)25-20-8-4-5-9-21(20)30-27(31-25)29-19-13-11-17(12-14-19)16-28-26(33)23-15-18-7-6-10-22(34-3)24(18)35-23;3-2(4,5)1(6)7/h4-10,15,17,19H,11-14,16H2,1-3H3,(H,28,33)(H,29,30,31);(H,6,7). The van der Waals surface area contributed by atoms with Crippen molar-refractivity contribution in [2.75, 3.05) is 38.0 Å². The van der Waals surface area contributed by atoms with Crippen molar-refractivity contribution in [1.82, 2.24) is 15.3 Å². The van der Waals surface area contributed by atoms with Crippen LogP contribution in [0.2, 0.25) is 0 Å². The van der Waals surface area contributed by atoms with E-state index >= 15 is 0 Å². The third-order valence-electron chi connectivity index (χ3n) is 6.93. The van der Waals surface area contributed by atoms with Crippen molar-refractivity contribution in [3.8, 4) is 5.75 Å². The first-order valence-electron chi connectivity index (χ1n) is 13.3. The van der Waals surface area contributed by atoms with E-state index in [0.29, 0.717) is 41.5 Å². The maximum atomic E-state index is 12.7. The molecule has 0 aliphatic heterocycles. The molecule has 0 spiro atoms. The zero-order chi connectivity index (χ0) is 30.4. The minimum Gasteiger partial charge on any atom is -0.493 e. The number of methoxy groups -OCH3 is 1. The number of nitrogens with zero attached hydrogens (tertiary/aromatic N) is 3. The number of carbonyl (C=O) groups is 2. The second-order valence-corrected chi connectivity index (χ2v) is 10.1. The van der Waals surface area contributed by atoms with Gasteiger partial charge in [-0.1, -0.05) is 24.3 Å². The van der Waals surface area contributed by atoms with Crippen LogP contribution in [0, 0.1) is 5.92 Å². The van der Waals surface area contributed by atoms with Crippen molar-refractivity contribution in [2.24, 2.45) is 5.92 Å². The average molecular weight is 588 g/mol. The number of para-hydroxylation sites is 2. The molecule has 13 heteroatoms. The molecule has 1 fully saturated rings. The minimum atomic E-state index is -5.08. The van der Waals surface area contributed by atoms with Crippen molar-refractivity contribution in [3.05, 3.63) is 54.3 Å². The Morgan fingerprint density at radius 2 is 1.76 bits per heavy atom. The molecule has 0 saturated heterocycles. The molecular weight excluding hydrogens is 555 g/mol. The quantitative estimate of drug-likeness (QED) is 0.257. The molecule has 0 radical (unpaired) electrons. The number of carbonyl (C=O) groups excluding carboxylic acids is 1. The number of aromatic nitrogens is 2. The number of furan rings is 1. The van der Waals surface area contributed by atoms with Crippen LogP contribution in [0.1, 0.15) is 36.2 Å². The number of alkyl halides is 3. The second-order valence-electron chi connectivity index (χ2n) is 10.1. The van der Waals surface area contributed by atoms with Gasteiger partial charge in [0.05, 0.1) is 12.6 Å². The maximum Gasteiger partial charge on any atom is 0.490 e. The molecule has 1 saturated carbocycles. The zero-order valence-corrected chi connectivity index (χ0v) is 23.4. The van der Waals surface area contributed by atoms with Gasteiger partial charge in [0, 0.05) is 37.5 Å². The number of fused-ring (bicyclic) bond motifs is 2. The lowest BCUT2D eigenvalue weighted by Crippen LogP contribution is -2.34. The molecule has 10 nitrogen and oxygen atoms in total. The summed E-state index contributed by atoms with van der Waals surface area (Å²) in [5.74, 6) is 0.00944. The number of ether oxygens (including phenoxy) is 1. The highest BCUT2D eigenvalue weighted by Gasteiger charge is 2.38. The Labute approximate surface area is 239 Å². The number of anilines is 2. The van der Waals surface area contributed by atoms with Gasteiger partial charge in [0.15, 0.2) is 17.1 Å². The number of amides is 1. The van der Waals surface area contributed by atoms with Crippen LogP contribution in [0.5, 0.6) is 5.75 Å². The Morgan fingerprint density at radius 3 is 2.40 bits per heavy atom. The van der Waals surface area contributed by atoms with E-state index in [1.807, 2.05) is 55.4 Å². The summed E-state index contributed by atoms with van der Waals surface area (Å²) in [5.41, 5.74) is 1.54. The molecule has 0 bridgehead atoms. The highest BCUT2D eigenvalue weighted by molar-refractivity contribution is 5.97. The lowest BCUT2D eigenvalue weighted by molar-refractivity contribution is -0.192. The number of carboxylic acids is 1. The minimum absolute atomic E-state index is 0.190. The van der Waals surface area contributed by atoms with E-state index < -0.39 is 12.1 Å². The Balaban J connectivity index is 0.000000517. The lowest BCUT2D eigenvalue weighted by Gasteiger charge is -2.29. The van der Waals surface area contributed by atoms with E-state index in [0.717, 1.165) is 47.8 Å². The molecule has 2 heterocycles. The number of hydrogen-bond acceptors (Lipinski definition) is 8. The molecular formula is C29H32F3N5O5. The van der Waals surface area contributed by atoms with E-state index in [9.17, 15) is 18.0 Å². The molecule has 0 unspecified atom stereocenters. The Kier molecular flexibility index (Phi) is 9.38. The molecule has 1 aliphatic rings. The summed E-state index contributed by atoms with van der Waals surface area (Å²) in [6, 6.07) is 15.8. The first-order chi connectivity index (χ1) is 20.0. The van der Waals surface area contributed by atoms with E-state index in [4.69, 9.17) is 29.0 Å². The smallest absolute Gasteiger partial charge is 0.490 e. The number of benzene rings is 2. The van der Waals surface area contributed by atoms with Gasteiger partial charge in [-0.3, -0.25) is 4.79 Å². The van der Waals surface area contributed by atoms with E-state index in [1.165, 1.54) is 0 Å². The van der Waals surface area contributed by atoms with Crippen molar-refractivity contribution >= 4 is 45.5 Å². The second kappa shape index (κ2) is 13.0. The normalized spacial score (nSPS) is 16.8. The number of nitrogens with one attached hydrogen (secondary N) is 2. The number of carboxylic acid groups (broad SMARTS) is 1. The fraction of sp³-hybridized carbons (Fsp3) is 0.379. The number of hydrogen-bond donors (Lipinski definition) is 3. The van der Waals surface area contributed by atoms with Crippen LogP contribution in [0.4, 0.5) is 24.9 Å². The predicted molar refractivity (Wildman–Crippen MR) is 152 cm³/mol. The molecule has 5 rings (SSSR count). The monoisotopic (exact) mass is 587 g/mol. The summed E-state index contributed by atoms with van der Waals surface area (Å²) in [4.78, 5) is 33.1. The van der Waals surface area contributed by atoms with E-state index in [2.05, 4.69) is 16.7 Å². The summed E-state index contributed by atoms with van der Waals surface area (Å²) in [6.07, 6.45) is -1.01. The summed E-state index contributed by atoms with van der Waals surface area (Å²) < 4.78 is 42.8. The molecule has 0 atom stereocenters. The fourth-order valence-electron chi connectivity index (χ4n) is 4.79. The Morgan fingerprint density at radius 1 is 1.07 bits per heavy atom. The SMILES string of the molecule is COc1cccc2cc(C(=O)NCC3CCC(Nc4nc(N(C)C)c5ccccc5n4)CC3)oc12.O=C(O)C(F)(F)F. The van der Waals surface area contributed by atoms with Crippen LogP contribution in [-0.2, 0) is 4.79 Å². The molecule has 1 aliphatic carbocycles. The maximum absolute atomic E-state index is 12.7. The van der Waals surface area contributed by atoms with Crippen molar-refractivity contribution in [1.29, 1.82) is 0 Å². The van der Waals surface area contributed by atoms with Crippen molar-refractivity contribution < 1.29 is 37.0 Å². The molecule has 224 valence electrons. The Bertz CT molecular complexity index is 1550. The zero-order valence-electron chi connectivity index (χ0n) is 23.4. The van der Waals surface area contributed by atoms with Gasteiger partial charge >= 0.3 is 12.1 Å². The predicted octanol–water partition coefficient (Wildman–Crippen LogP) is 5.48. The lowest BCUT2D eigenvalue weighted by atomic mass is 9.86. The van der Waals surface area contributed by atoms with Crippen LogP contribution in [0.15, 0.2) is 52.9 Å². The topological polar surface area (TPSA) is 130 Å². The summed E-state index contributed by atoms with van der Waals surface area (Å²) >= 11 is 0. The van der Waals surface area contributed by atoms with Crippen LogP contribution in [0.25, 0.3) is 21.9 Å². The molecule has 2 aromatic heterocycles. The van der Waals surface area contributed by atoms with Crippen molar-refractivity contribution in [2.45, 2.75) is 37.9 Å². The van der Waals surface area contributed by atoms with Crippen molar-refractivity contribution in [3.63, 3.8) is 0 Å². The summed E-state index contributed by atoms with van der Waals surface area (Å²) in [5, 5.41) is 15.6. The molecule has 2 aromatic carbocycles. The first kappa shape index (κ1) is 30.4. The van der Waals surface area contributed by atoms with Gasteiger partial charge < -0.3 is 29.8 Å². The largest absolute Gasteiger partial charge is 0.493 e. The van der Waals surface area contributed by atoms with E-state index in [-0.39, 0.29) is 5.91 Å². The van der Waals surface area contributed by atoms with Crippen LogP contribution in [-0.4, -0.2) is 66.9 Å². The number of rotatable bonds is 7. The number of halogens is 3. The van der Waals surface area contributed by atoms with E-state index in [1.54, 1.807) is 13.2 Å². The van der Waals surface area contributed by atoms with Gasteiger partial charge in [-0.05, 0) is 55.9 Å². The van der Waals surface area contributed by atoms with Gasteiger partial charge in [0.1, 0.15) is 5.82 Å². The third kappa shape index (κ3) is 7.39. The third-order valence-corrected chi connectivity index (χ3v) is 6.93. The molecule has 3 N–H and O–H groups in total. The van der Waals surface area contributed by atoms with Gasteiger partial charge in [-0.15, -0.1) is 0 Å². The fourth-order valence-corrected chi connectivity index (χ4v) is 4.79. The molecule has 1 amide bonds. The van der Waals surface area contributed by atoms with Gasteiger partial charge in [0.25, 0.3) is 5.91 Å². The Hall–Kier alpha value is -4.55. The summed E-state index contributed by atoms with van der Waals surface area (Å²) in [6.45, 7) is 0.636. The molecule has 42 heavy (non-hydrogen) atoms. The first-order valence-corrected chi connectivity index (χ1v) is 13.3. The van der Waals surface area contributed by atoms with Crippen LogP contribution < -0.4 is 20.3 Å². The van der Waals surface area contributed by atoms with Gasteiger partial charge in [-0.25, -0.2) is 9.78 Å².